The van der Waals surface area contributed by atoms with Crippen LogP contribution in [0.15, 0.2) is 0 Å². The number of nitrogens with two attached hydrogens (primary N) is 1. The molecule has 1 aromatic rings. The van der Waals surface area contributed by atoms with Gasteiger partial charge in [0.05, 0.1) is 15.0 Å². The molecule has 1 heterocycles. The van der Waals surface area contributed by atoms with Crippen LogP contribution in [-0.2, 0) is 5.75 Å². The SMILES string of the molecule is CSCc1nc(N)c(I)c(C2CCCC2)n1. The van der Waals surface area contributed by atoms with Gasteiger partial charge in [0, 0.05) is 5.92 Å². The first kappa shape index (κ1) is 12.4. The number of hydrogen-bond acceptors (Lipinski definition) is 4. The van der Waals surface area contributed by atoms with E-state index in [1.807, 2.05) is 0 Å². The van der Waals surface area contributed by atoms with Crippen LogP contribution in [0.2, 0.25) is 0 Å². The molecule has 1 aliphatic carbocycles. The Balaban J connectivity index is 2.33. The molecule has 2 N–H and O–H groups in total. The lowest BCUT2D eigenvalue weighted by atomic mass is 10.0. The molecule has 0 aliphatic heterocycles. The van der Waals surface area contributed by atoms with Gasteiger partial charge in [-0.05, 0) is 41.7 Å². The van der Waals surface area contributed by atoms with Crippen molar-refractivity contribution in [3.05, 3.63) is 15.1 Å². The molecule has 0 spiro atoms. The second-order valence-corrected chi connectivity index (χ2v) is 6.08. The van der Waals surface area contributed by atoms with Crippen LogP contribution in [0.3, 0.4) is 0 Å². The Morgan fingerprint density at radius 2 is 2.06 bits per heavy atom. The van der Waals surface area contributed by atoms with Crippen molar-refractivity contribution >= 4 is 40.2 Å². The lowest BCUT2D eigenvalue weighted by Crippen LogP contribution is -2.09. The van der Waals surface area contributed by atoms with Crippen LogP contribution >= 0.6 is 34.4 Å². The van der Waals surface area contributed by atoms with Gasteiger partial charge in [-0.25, -0.2) is 9.97 Å². The van der Waals surface area contributed by atoms with Gasteiger partial charge in [-0.15, -0.1) is 0 Å². The third-order valence-corrected chi connectivity index (χ3v) is 4.62. The van der Waals surface area contributed by atoms with Gasteiger partial charge in [-0.3, -0.25) is 0 Å². The molecule has 1 saturated carbocycles. The zero-order valence-corrected chi connectivity index (χ0v) is 12.3. The van der Waals surface area contributed by atoms with Gasteiger partial charge < -0.3 is 5.73 Å². The van der Waals surface area contributed by atoms with Crippen molar-refractivity contribution in [1.82, 2.24) is 9.97 Å². The fourth-order valence-electron chi connectivity index (χ4n) is 2.20. The van der Waals surface area contributed by atoms with Crippen molar-refractivity contribution in [2.45, 2.75) is 37.4 Å². The Hall–Kier alpha value is -0.0400. The van der Waals surface area contributed by atoms with E-state index in [4.69, 9.17) is 5.73 Å². The van der Waals surface area contributed by atoms with Crippen molar-refractivity contribution in [3.63, 3.8) is 0 Å². The summed E-state index contributed by atoms with van der Waals surface area (Å²) in [6, 6.07) is 0. The predicted octanol–water partition coefficient (Wildman–Crippen LogP) is 3.18. The first-order valence-corrected chi connectivity index (χ1v) is 8.00. The number of nitrogen functional groups attached to an aromatic ring is 1. The third-order valence-electron chi connectivity index (χ3n) is 2.96. The number of anilines is 1. The summed E-state index contributed by atoms with van der Waals surface area (Å²) in [6.45, 7) is 0. The maximum Gasteiger partial charge on any atom is 0.140 e. The number of hydrogen-bond donors (Lipinski definition) is 1. The quantitative estimate of drug-likeness (QED) is 0.852. The smallest absolute Gasteiger partial charge is 0.140 e. The molecular weight excluding hydrogens is 333 g/mol. The zero-order chi connectivity index (χ0) is 11.5. The monoisotopic (exact) mass is 349 g/mol. The number of aromatic nitrogens is 2. The van der Waals surface area contributed by atoms with Crippen molar-refractivity contribution in [3.8, 4) is 0 Å². The molecule has 0 bridgehead atoms. The molecule has 1 aliphatic rings. The largest absolute Gasteiger partial charge is 0.383 e. The van der Waals surface area contributed by atoms with Crippen molar-refractivity contribution in [2.24, 2.45) is 0 Å². The summed E-state index contributed by atoms with van der Waals surface area (Å²) in [5.74, 6) is 2.99. The van der Waals surface area contributed by atoms with E-state index in [9.17, 15) is 0 Å². The van der Waals surface area contributed by atoms with E-state index in [1.165, 1.54) is 31.4 Å². The fraction of sp³-hybridized carbons (Fsp3) is 0.636. The normalized spacial score (nSPS) is 16.9. The lowest BCUT2D eigenvalue weighted by molar-refractivity contribution is 0.684. The minimum absolute atomic E-state index is 0.609. The topological polar surface area (TPSA) is 51.8 Å². The highest BCUT2D eigenvalue weighted by molar-refractivity contribution is 14.1. The number of rotatable bonds is 3. The minimum Gasteiger partial charge on any atom is -0.383 e. The van der Waals surface area contributed by atoms with Gasteiger partial charge in [0.25, 0.3) is 0 Å². The summed E-state index contributed by atoms with van der Waals surface area (Å²) in [6.07, 6.45) is 7.22. The van der Waals surface area contributed by atoms with E-state index in [0.717, 1.165) is 15.1 Å². The molecule has 1 aromatic heterocycles. The van der Waals surface area contributed by atoms with Crippen LogP contribution in [0.25, 0.3) is 0 Å². The van der Waals surface area contributed by atoms with Crippen LogP contribution in [-0.4, -0.2) is 16.2 Å². The average molecular weight is 349 g/mol. The molecule has 1 fully saturated rings. The second-order valence-electron chi connectivity index (χ2n) is 4.14. The Bertz CT molecular complexity index is 378. The van der Waals surface area contributed by atoms with E-state index in [1.54, 1.807) is 11.8 Å². The molecule has 88 valence electrons. The highest BCUT2D eigenvalue weighted by Crippen LogP contribution is 2.36. The summed E-state index contributed by atoms with van der Waals surface area (Å²) in [5.41, 5.74) is 7.14. The minimum atomic E-state index is 0.609. The van der Waals surface area contributed by atoms with Gasteiger partial charge >= 0.3 is 0 Å². The molecule has 0 amide bonds. The summed E-state index contributed by atoms with van der Waals surface area (Å²) in [7, 11) is 0. The summed E-state index contributed by atoms with van der Waals surface area (Å²) in [4.78, 5) is 9.02. The first-order chi connectivity index (χ1) is 7.72. The molecule has 5 heteroatoms. The molecular formula is C11H16IN3S. The van der Waals surface area contributed by atoms with E-state index in [-0.39, 0.29) is 0 Å². The van der Waals surface area contributed by atoms with Crippen LogP contribution in [0.5, 0.6) is 0 Å². The van der Waals surface area contributed by atoms with Crippen LogP contribution in [0, 0.1) is 3.57 Å². The second kappa shape index (κ2) is 5.53. The summed E-state index contributed by atoms with van der Waals surface area (Å²) in [5, 5.41) is 0. The molecule has 16 heavy (non-hydrogen) atoms. The van der Waals surface area contributed by atoms with Crippen molar-refractivity contribution in [1.29, 1.82) is 0 Å². The van der Waals surface area contributed by atoms with E-state index < -0.39 is 0 Å². The molecule has 0 saturated heterocycles. The Labute approximate surface area is 114 Å². The molecule has 0 aromatic carbocycles. The van der Waals surface area contributed by atoms with Crippen LogP contribution in [0.4, 0.5) is 5.82 Å². The number of halogens is 1. The third kappa shape index (κ3) is 2.61. The highest BCUT2D eigenvalue weighted by Gasteiger charge is 2.22. The fourth-order valence-corrected chi connectivity index (χ4v) is 3.26. The molecule has 0 atom stereocenters. The molecule has 0 radical (unpaired) electrons. The van der Waals surface area contributed by atoms with Gasteiger partial charge in [0.15, 0.2) is 0 Å². The van der Waals surface area contributed by atoms with Gasteiger partial charge in [-0.2, -0.15) is 11.8 Å². The van der Waals surface area contributed by atoms with E-state index in [0.29, 0.717) is 11.7 Å². The molecule has 0 unspecified atom stereocenters. The van der Waals surface area contributed by atoms with E-state index in [2.05, 4.69) is 38.8 Å². The van der Waals surface area contributed by atoms with Gasteiger partial charge in [-0.1, -0.05) is 12.8 Å². The van der Waals surface area contributed by atoms with Crippen LogP contribution in [0.1, 0.15) is 43.1 Å². The first-order valence-electron chi connectivity index (χ1n) is 5.53. The standard InChI is InChI=1S/C11H16IN3S/c1-16-6-8-14-10(7-4-2-3-5-7)9(12)11(13)15-8/h7H,2-6H2,1H3,(H2,13,14,15). The highest BCUT2D eigenvalue weighted by atomic mass is 127. The average Bonchev–Trinajstić information content (AvgIpc) is 2.76. The lowest BCUT2D eigenvalue weighted by Gasteiger charge is -2.13. The number of nitrogens with zero attached hydrogens (tertiary/aromatic N) is 2. The maximum atomic E-state index is 5.95. The van der Waals surface area contributed by atoms with Crippen molar-refractivity contribution < 1.29 is 0 Å². The van der Waals surface area contributed by atoms with E-state index >= 15 is 0 Å². The maximum absolute atomic E-state index is 5.95. The van der Waals surface area contributed by atoms with Gasteiger partial charge in [0.2, 0.25) is 0 Å². The predicted molar refractivity (Wildman–Crippen MR) is 77.6 cm³/mol. The van der Waals surface area contributed by atoms with Crippen LogP contribution < -0.4 is 5.73 Å². The summed E-state index contributed by atoms with van der Waals surface area (Å²) >= 11 is 4.02. The Kier molecular flexibility index (Phi) is 4.29. The van der Waals surface area contributed by atoms with Crippen molar-refractivity contribution in [2.75, 3.05) is 12.0 Å². The zero-order valence-electron chi connectivity index (χ0n) is 9.37. The van der Waals surface area contributed by atoms with Gasteiger partial charge in [0.1, 0.15) is 11.6 Å². The Morgan fingerprint density at radius 1 is 1.38 bits per heavy atom. The Morgan fingerprint density at radius 3 is 2.69 bits per heavy atom. The number of thioether (sulfide) groups is 1. The molecule has 3 nitrogen and oxygen atoms in total. The molecule has 2 rings (SSSR count). The summed E-state index contributed by atoms with van der Waals surface area (Å²) < 4.78 is 1.06.